The first kappa shape index (κ1) is 15.0. The first-order chi connectivity index (χ1) is 9.70. The lowest BCUT2D eigenvalue weighted by molar-refractivity contribution is -0.149. The highest BCUT2D eigenvalue weighted by Gasteiger charge is 2.26. The molecule has 0 amide bonds. The number of rotatable bonds is 5. The fourth-order valence-corrected chi connectivity index (χ4v) is 2.56. The summed E-state index contributed by atoms with van der Waals surface area (Å²) < 4.78 is 5.09. The molecule has 0 spiro atoms. The maximum absolute atomic E-state index is 11.7. The number of hydrogen-bond donors (Lipinski definition) is 0. The number of piperazine rings is 1. The van der Waals surface area contributed by atoms with E-state index in [0.29, 0.717) is 6.61 Å². The molecular formula is C16H24N2O2. The normalized spacial score (nSPS) is 18.7. The minimum Gasteiger partial charge on any atom is -0.465 e. The van der Waals surface area contributed by atoms with Gasteiger partial charge < -0.3 is 4.74 Å². The lowest BCUT2D eigenvalue weighted by Gasteiger charge is -2.37. The van der Waals surface area contributed by atoms with Gasteiger partial charge in [-0.15, -0.1) is 0 Å². The van der Waals surface area contributed by atoms with Gasteiger partial charge in [0.15, 0.2) is 0 Å². The largest absolute Gasteiger partial charge is 0.465 e. The molecular weight excluding hydrogens is 252 g/mol. The van der Waals surface area contributed by atoms with Gasteiger partial charge in [-0.2, -0.15) is 0 Å². The van der Waals surface area contributed by atoms with E-state index in [1.807, 2.05) is 19.9 Å². The lowest BCUT2D eigenvalue weighted by atomic mass is 10.2. The van der Waals surface area contributed by atoms with Crippen molar-refractivity contribution in [1.82, 2.24) is 9.80 Å². The summed E-state index contributed by atoms with van der Waals surface area (Å²) in [6.45, 7) is 9.07. The molecule has 20 heavy (non-hydrogen) atoms. The molecule has 1 fully saturated rings. The van der Waals surface area contributed by atoms with Crippen molar-refractivity contribution >= 4 is 5.97 Å². The zero-order chi connectivity index (χ0) is 14.4. The van der Waals surface area contributed by atoms with Crippen LogP contribution in [0.4, 0.5) is 0 Å². The maximum atomic E-state index is 11.7. The molecule has 1 aromatic rings. The number of carbonyl (C=O) groups excluding carboxylic acids is 1. The number of nitrogens with zero attached hydrogens (tertiary/aromatic N) is 2. The Bertz CT molecular complexity index is 414. The van der Waals surface area contributed by atoms with Gasteiger partial charge in [-0.05, 0) is 19.4 Å². The van der Waals surface area contributed by atoms with Crippen molar-refractivity contribution in [1.29, 1.82) is 0 Å². The highest BCUT2D eigenvalue weighted by Crippen LogP contribution is 2.11. The number of ether oxygens (including phenoxy) is 1. The average molecular weight is 276 g/mol. The van der Waals surface area contributed by atoms with Crippen LogP contribution in [0.25, 0.3) is 0 Å². The summed E-state index contributed by atoms with van der Waals surface area (Å²) in [5.74, 6) is -0.107. The Labute approximate surface area is 121 Å². The monoisotopic (exact) mass is 276 g/mol. The van der Waals surface area contributed by atoms with E-state index in [4.69, 9.17) is 4.74 Å². The third-order valence-corrected chi connectivity index (χ3v) is 3.83. The molecule has 0 aliphatic carbocycles. The molecule has 0 N–H and O–H groups in total. The third kappa shape index (κ3) is 4.05. The van der Waals surface area contributed by atoms with E-state index in [9.17, 15) is 4.79 Å². The van der Waals surface area contributed by atoms with Crippen molar-refractivity contribution in [3.05, 3.63) is 35.9 Å². The van der Waals surface area contributed by atoms with Gasteiger partial charge in [0.1, 0.15) is 6.04 Å². The van der Waals surface area contributed by atoms with Crippen LogP contribution in [0.2, 0.25) is 0 Å². The van der Waals surface area contributed by atoms with E-state index in [2.05, 4.69) is 34.1 Å². The summed E-state index contributed by atoms with van der Waals surface area (Å²) in [5.41, 5.74) is 1.35. The zero-order valence-corrected chi connectivity index (χ0v) is 12.4. The molecule has 0 bridgehead atoms. The second kappa shape index (κ2) is 7.41. The van der Waals surface area contributed by atoms with Crippen molar-refractivity contribution in [2.75, 3.05) is 32.8 Å². The number of esters is 1. The molecule has 1 aromatic carbocycles. The van der Waals surface area contributed by atoms with E-state index in [0.717, 1.165) is 32.7 Å². The van der Waals surface area contributed by atoms with Crippen molar-refractivity contribution in [3.8, 4) is 0 Å². The molecule has 1 aliphatic heterocycles. The Kier molecular flexibility index (Phi) is 5.56. The van der Waals surface area contributed by atoms with Crippen LogP contribution in [0.15, 0.2) is 30.3 Å². The number of hydrogen-bond acceptors (Lipinski definition) is 4. The first-order valence-corrected chi connectivity index (χ1v) is 7.37. The van der Waals surface area contributed by atoms with Crippen LogP contribution >= 0.6 is 0 Å². The van der Waals surface area contributed by atoms with Gasteiger partial charge in [0.05, 0.1) is 6.61 Å². The number of carbonyl (C=O) groups is 1. The molecule has 110 valence electrons. The van der Waals surface area contributed by atoms with E-state index in [1.54, 1.807) is 0 Å². The fourth-order valence-electron chi connectivity index (χ4n) is 2.56. The van der Waals surface area contributed by atoms with Gasteiger partial charge in [-0.3, -0.25) is 14.6 Å². The topological polar surface area (TPSA) is 32.8 Å². The molecule has 1 atom stereocenters. The summed E-state index contributed by atoms with van der Waals surface area (Å²) in [7, 11) is 0. The van der Waals surface area contributed by atoms with Crippen LogP contribution in [0.1, 0.15) is 19.4 Å². The van der Waals surface area contributed by atoms with Crippen LogP contribution in [-0.4, -0.2) is 54.6 Å². The summed E-state index contributed by atoms with van der Waals surface area (Å²) >= 11 is 0. The second-order valence-corrected chi connectivity index (χ2v) is 5.23. The van der Waals surface area contributed by atoms with Crippen LogP contribution < -0.4 is 0 Å². The Hall–Kier alpha value is -1.39. The van der Waals surface area contributed by atoms with Crippen LogP contribution in [-0.2, 0) is 16.1 Å². The predicted octanol–water partition coefficient (Wildman–Crippen LogP) is 1.76. The summed E-state index contributed by atoms with van der Waals surface area (Å²) in [6.07, 6.45) is 0. The molecule has 2 rings (SSSR count). The Morgan fingerprint density at radius 3 is 2.45 bits per heavy atom. The average Bonchev–Trinajstić information content (AvgIpc) is 2.48. The lowest BCUT2D eigenvalue weighted by Crippen LogP contribution is -2.51. The Morgan fingerprint density at radius 1 is 1.20 bits per heavy atom. The van der Waals surface area contributed by atoms with Gasteiger partial charge >= 0.3 is 5.97 Å². The molecule has 1 saturated heterocycles. The van der Waals surface area contributed by atoms with Crippen molar-refractivity contribution in [2.24, 2.45) is 0 Å². The summed E-state index contributed by atoms with van der Waals surface area (Å²) in [4.78, 5) is 16.4. The second-order valence-electron chi connectivity index (χ2n) is 5.23. The van der Waals surface area contributed by atoms with E-state index in [-0.39, 0.29) is 12.0 Å². The standard InChI is InChI=1S/C16H24N2O2/c1-3-20-16(19)14(2)18-11-9-17(10-12-18)13-15-7-5-4-6-8-15/h4-8,14H,3,9-13H2,1-2H3. The third-order valence-electron chi connectivity index (χ3n) is 3.83. The van der Waals surface area contributed by atoms with Gasteiger partial charge in [0.25, 0.3) is 0 Å². The smallest absolute Gasteiger partial charge is 0.323 e. The van der Waals surface area contributed by atoms with Crippen molar-refractivity contribution in [2.45, 2.75) is 26.4 Å². The fraction of sp³-hybridized carbons (Fsp3) is 0.562. The van der Waals surface area contributed by atoms with Crippen LogP contribution in [0.5, 0.6) is 0 Å². The van der Waals surface area contributed by atoms with Crippen molar-refractivity contribution < 1.29 is 9.53 Å². The molecule has 0 aromatic heterocycles. The molecule has 4 heteroatoms. The first-order valence-electron chi connectivity index (χ1n) is 7.37. The quantitative estimate of drug-likeness (QED) is 0.767. The maximum Gasteiger partial charge on any atom is 0.323 e. The van der Waals surface area contributed by atoms with Gasteiger partial charge in [0, 0.05) is 32.7 Å². The highest BCUT2D eigenvalue weighted by atomic mass is 16.5. The van der Waals surface area contributed by atoms with Crippen LogP contribution in [0.3, 0.4) is 0 Å². The molecule has 1 unspecified atom stereocenters. The minimum absolute atomic E-state index is 0.107. The molecule has 1 aliphatic rings. The Morgan fingerprint density at radius 2 is 1.85 bits per heavy atom. The molecule has 4 nitrogen and oxygen atoms in total. The SMILES string of the molecule is CCOC(=O)C(C)N1CCN(Cc2ccccc2)CC1. The van der Waals surface area contributed by atoms with E-state index in [1.165, 1.54) is 5.56 Å². The highest BCUT2D eigenvalue weighted by molar-refractivity contribution is 5.75. The Balaban J connectivity index is 1.79. The molecule has 1 heterocycles. The van der Waals surface area contributed by atoms with E-state index < -0.39 is 0 Å². The van der Waals surface area contributed by atoms with Crippen molar-refractivity contribution in [3.63, 3.8) is 0 Å². The molecule has 0 radical (unpaired) electrons. The van der Waals surface area contributed by atoms with E-state index >= 15 is 0 Å². The van der Waals surface area contributed by atoms with Crippen LogP contribution in [0, 0.1) is 0 Å². The summed E-state index contributed by atoms with van der Waals surface area (Å²) in [6, 6.07) is 10.4. The minimum atomic E-state index is -0.131. The summed E-state index contributed by atoms with van der Waals surface area (Å²) in [5, 5.41) is 0. The zero-order valence-electron chi connectivity index (χ0n) is 12.4. The van der Waals surface area contributed by atoms with Gasteiger partial charge in [0.2, 0.25) is 0 Å². The molecule has 0 saturated carbocycles. The van der Waals surface area contributed by atoms with Gasteiger partial charge in [-0.1, -0.05) is 30.3 Å². The van der Waals surface area contributed by atoms with Gasteiger partial charge in [-0.25, -0.2) is 0 Å². The predicted molar refractivity (Wildman–Crippen MR) is 79.4 cm³/mol. The number of benzene rings is 1.